The van der Waals surface area contributed by atoms with Gasteiger partial charge in [-0.1, -0.05) is 12.6 Å². The highest BCUT2D eigenvalue weighted by atomic mass is 16.5. The number of Topliss-reactive ketones (excluding diaryl/α,β-unsaturated/α-hetero) is 2. The average molecular weight is 715 g/mol. The predicted octanol–water partition coefficient (Wildman–Crippen LogP) is 3.65. The third kappa shape index (κ3) is 9.94. The van der Waals surface area contributed by atoms with E-state index >= 15 is 0 Å². The van der Waals surface area contributed by atoms with E-state index in [4.69, 9.17) is 14.2 Å². The summed E-state index contributed by atoms with van der Waals surface area (Å²) in [7, 11) is 4.92. The molecule has 0 saturated carbocycles. The van der Waals surface area contributed by atoms with Crippen molar-refractivity contribution < 1.29 is 52.5 Å². The summed E-state index contributed by atoms with van der Waals surface area (Å²) in [6.45, 7) is 5.98. The number of anilines is 4. The van der Waals surface area contributed by atoms with Crippen molar-refractivity contribution in [3.05, 3.63) is 89.5 Å². The van der Waals surface area contributed by atoms with E-state index < -0.39 is 52.7 Å². The molecule has 0 saturated heterocycles. The maximum absolute atomic E-state index is 13.0. The van der Waals surface area contributed by atoms with Crippen LogP contribution in [0.5, 0.6) is 0 Å². The van der Waals surface area contributed by atoms with Gasteiger partial charge in [-0.3, -0.25) is 30.0 Å². The monoisotopic (exact) mass is 714 g/mol. The fourth-order valence-electron chi connectivity index (χ4n) is 4.21. The smallest absolute Gasteiger partial charge is 0.340 e. The van der Waals surface area contributed by atoms with E-state index in [9.17, 15) is 33.6 Å². The first kappa shape index (κ1) is 39.3. The molecule has 0 heterocycles. The van der Waals surface area contributed by atoms with Crippen molar-refractivity contribution in [1.29, 1.82) is 0 Å². The highest BCUT2D eigenvalue weighted by Gasteiger charge is 2.22. The third-order valence-electron chi connectivity index (χ3n) is 6.91. The number of esters is 3. The van der Waals surface area contributed by atoms with E-state index in [0.717, 1.165) is 21.0 Å². The molecule has 3 aromatic rings. The summed E-state index contributed by atoms with van der Waals surface area (Å²) in [5.74, 6) is -5.17. The molecule has 270 valence electrons. The van der Waals surface area contributed by atoms with E-state index in [1.165, 1.54) is 75.9 Å². The number of amides is 2. The first-order valence-electron chi connectivity index (χ1n) is 14.9. The van der Waals surface area contributed by atoms with Gasteiger partial charge in [0.05, 0.1) is 56.5 Å². The molecule has 3 aromatic carbocycles. The summed E-state index contributed by atoms with van der Waals surface area (Å²) >= 11 is 0. The average Bonchev–Trinajstić information content (AvgIpc) is 3.13. The molecule has 0 bridgehead atoms. The van der Waals surface area contributed by atoms with Gasteiger partial charge in [-0.05, 0) is 54.6 Å². The highest BCUT2D eigenvalue weighted by Crippen LogP contribution is 2.24. The zero-order valence-electron chi connectivity index (χ0n) is 28.9. The quantitative estimate of drug-likeness (QED) is 0.0441. The first-order valence-corrected chi connectivity index (χ1v) is 14.9. The van der Waals surface area contributed by atoms with Crippen LogP contribution in [0.4, 0.5) is 22.7 Å². The van der Waals surface area contributed by atoms with Crippen LogP contribution in [0.15, 0.2) is 77.4 Å². The molecule has 52 heavy (non-hydrogen) atoms. The number of methoxy groups -OCH3 is 4. The van der Waals surface area contributed by atoms with Crippen LogP contribution in [0, 0.1) is 0 Å². The van der Waals surface area contributed by atoms with Crippen molar-refractivity contribution in [3.63, 3.8) is 0 Å². The summed E-state index contributed by atoms with van der Waals surface area (Å²) in [6.07, 6.45) is 0. The second-order valence-electron chi connectivity index (χ2n) is 10.4. The molecule has 0 fully saturated rings. The number of hydrogen-bond donors (Lipinski definition) is 4. The lowest BCUT2D eigenvalue weighted by molar-refractivity contribution is -0.116. The van der Waals surface area contributed by atoms with Gasteiger partial charge in [0.1, 0.15) is 5.76 Å². The minimum Gasteiger partial charge on any atom is -0.497 e. The molecule has 0 unspecified atom stereocenters. The summed E-state index contributed by atoms with van der Waals surface area (Å²) in [5, 5.41) is 12.8. The number of ketones is 2. The van der Waals surface area contributed by atoms with Crippen LogP contribution >= 0.6 is 0 Å². The molecule has 0 aromatic heterocycles. The van der Waals surface area contributed by atoms with Crippen LogP contribution in [0.1, 0.15) is 50.5 Å². The zero-order valence-corrected chi connectivity index (χ0v) is 28.9. The maximum Gasteiger partial charge on any atom is 0.340 e. The lowest BCUT2D eigenvalue weighted by atomic mass is 10.1. The van der Waals surface area contributed by atoms with Crippen molar-refractivity contribution in [3.8, 4) is 0 Å². The van der Waals surface area contributed by atoms with Crippen LogP contribution in [0.3, 0.4) is 0 Å². The molecule has 17 nitrogen and oxygen atoms in total. The lowest BCUT2D eigenvalue weighted by Crippen LogP contribution is -2.30. The van der Waals surface area contributed by atoms with Gasteiger partial charge in [0.2, 0.25) is 0 Å². The van der Waals surface area contributed by atoms with Gasteiger partial charge >= 0.3 is 17.9 Å². The standard InChI is InChI=1S/C35H34N6O11/c1-18(42)29(40-38-27-16-21(20(3)49-4)8-14-25(27)34(47)51-6)31(44)36-23-10-12-24(13-11-23)37-32(45)30(19(2)43)41-39-28-17-22(33(46)50-5)9-15-26(28)35(48)52-7/h8-17,38-39H,3H2,1-2,4-7H3,(H,36,44)(H,37,45)/b40-29-,41-30-. The van der Waals surface area contributed by atoms with Crippen molar-refractivity contribution in [1.82, 2.24) is 0 Å². The minimum atomic E-state index is -0.929. The minimum absolute atomic E-state index is 0.0397. The molecule has 0 radical (unpaired) electrons. The van der Waals surface area contributed by atoms with Crippen molar-refractivity contribution in [2.45, 2.75) is 13.8 Å². The number of nitrogens with zero attached hydrogens (tertiary/aromatic N) is 2. The molecule has 17 heteroatoms. The van der Waals surface area contributed by atoms with E-state index in [2.05, 4.69) is 43.0 Å². The lowest BCUT2D eigenvalue weighted by Gasteiger charge is -2.12. The fourth-order valence-corrected chi connectivity index (χ4v) is 4.21. The maximum atomic E-state index is 13.0. The molecule has 2 amide bonds. The summed E-state index contributed by atoms with van der Waals surface area (Å²) in [6, 6.07) is 13.9. The Labute approximate surface area is 297 Å². The number of carbonyl (C=O) groups is 7. The number of ether oxygens (including phenoxy) is 4. The zero-order chi connectivity index (χ0) is 38.5. The number of benzene rings is 3. The summed E-state index contributed by atoms with van der Waals surface area (Å²) in [5.41, 5.74) is 4.93. The Balaban J connectivity index is 1.78. The molecule has 0 aliphatic heterocycles. The fraction of sp³-hybridized carbons (Fsp3) is 0.171. The number of hydrazone groups is 2. The van der Waals surface area contributed by atoms with E-state index in [1.54, 1.807) is 6.07 Å². The Morgan fingerprint density at radius 2 is 0.923 bits per heavy atom. The molecule has 3 rings (SSSR count). The Morgan fingerprint density at radius 3 is 1.29 bits per heavy atom. The van der Waals surface area contributed by atoms with Crippen molar-refractivity contribution in [2.24, 2.45) is 10.2 Å². The number of rotatable bonds is 15. The highest BCUT2D eigenvalue weighted by molar-refractivity contribution is 6.67. The molecular weight excluding hydrogens is 680 g/mol. The Bertz CT molecular complexity index is 1860. The summed E-state index contributed by atoms with van der Waals surface area (Å²) < 4.78 is 19.4. The van der Waals surface area contributed by atoms with Crippen molar-refractivity contribution >= 4 is 81.2 Å². The Kier molecular flexibility index (Phi) is 13.6. The molecular formula is C35H34N6O11. The molecule has 0 spiro atoms. The van der Waals surface area contributed by atoms with Gasteiger partial charge in [-0.15, -0.1) is 0 Å². The van der Waals surface area contributed by atoms with Gasteiger partial charge in [-0.25, -0.2) is 14.4 Å². The van der Waals surface area contributed by atoms with Gasteiger partial charge in [-0.2, -0.15) is 10.2 Å². The van der Waals surface area contributed by atoms with Crippen molar-refractivity contribution in [2.75, 3.05) is 49.9 Å². The second kappa shape index (κ2) is 18.0. The molecule has 0 atom stereocenters. The van der Waals surface area contributed by atoms with Gasteiger partial charge in [0.25, 0.3) is 11.8 Å². The first-order chi connectivity index (χ1) is 24.7. The Morgan fingerprint density at radius 1 is 0.538 bits per heavy atom. The van der Waals surface area contributed by atoms with E-state index in [0.29, 0.717) is 5.56 Å². The number of nitrogens with one attached hydrogen (secondary N) is 4. The topological polar surface area (TPSA) is 229 Å². The Hall–Kier alpha value is -7.17. The van der Waals surface area contributed by atoms with Gasteiger partial charge < -0.3 is 29.6 Å². The second-order valence-corrected chi connectivity index (χ2v) is 10.4. The third-order valence-corrected chi connectivity index (χ3v) is 6.91. The molecule has 4 N–H and O–H groups in total. The van der Waals surface area contributed by atoms with Gasteiger partial charge in [0.15, 0.2) is 23.0 Å². The molecule has 0 aliphatic rings. The number of hydrogen-bond acceptors (Lipinski definition) is 15. The van der Waals surface area contributed by atoms with Crippen LogP contribution in [0.25, 0.3) is 5.76 Å². The van der Waals surface area contributed by atoms with E-state index in [-0.39, 0.29) is 45.2 Å². The van der Waals surface area contributed by atoms with E-state index in [1.807, 2.05) is 0 Å². The predicted molar refractivity (Wildman–Crippen MR) is 190 cm³/mol. The van der Waals surface area contributed by atoms with Crippen LogP contribution in [0.2, 0.25) is 0 Å². The largest absolute Gasteiger partial charge is 0.497 e. The summed E-state index contributed by atoms with van der Waals surface area (Å²) in [4.78, 5) is 87.3. The SMILES string of the molecule is C=C(OC)c1ccc(C(=O)OC)c(N/N=C(/C(C)=O)C(=O)Nc2ccc(NC(=O)/C(=N\Nc3cc(C(=O)OC)ccc3C(=O)OC)C(C)=O)cc2)c1. The van der Waals surface area contributed by atoms with Crippen LogP contribution < -0.4 is 21.5 Å². The van der Waals surface area contributed by atoms with Crippen LogP contribution in [-0.4, -0.2) is 81.2 Å². The molecule has 0 aliphatic carbocycles. The van der Waals surface area contributed by atoms with Gasteiger partial charge in [0, 0.05) is 30.8 Å². The normalized spacial score (nSPS) is 11.0. The van der Waals surface area contributed by atoms with Crippen LogP contribution in [-0.2, 0) is 38.1 Å². The number of carbonyl (C=O) groups excluding carboxylic acids is 7.